The van der Waals surface area contributed by atoms with Crippen molar-refractivity contribution >= 4 is 17.4 Å². The number of anilines is 1. The van der Waals surface area contributed by atoms with Crippen molar-refractivity contribution in [3.63, 3.8) is 0 Å². The smallest absolute Gasteiger partial charge is 0.252 e. The van der Waals surface area contributed by atoms with Gasteiger partial charge in [0.2, 0.25) is 0 Å². The Balaban J connectivity index is 2.02. The zero-order chi connectivity index (χ0) is 18.7. The van der Waals surface area contributed by atoms with Crippen LogP contribution in [-0.4, -0.2) is 34.1 Å². The maximum atomic E-state index is 12.5. The molecule has 138 valence electrons. The highest BCUT2D eigenvalue weighted by atomic mass is 16.1. The first-order chi connectivity index (χ1) is 12.5. The Bertz CT molecular complexity index is 825. The van der Waals surface area contributed by atoms with Gasteiger partial charge in [-0.3, -0.25) is 14.3 Å². The van der Waals surface area contributed by atoms with E-state index in [1.807, 2.05) is 39.2 Å². The Kier molecular flexibility index (Phi) is 5.40. The first kappa shape index (κ1) is 18.2. The number of amides is 1. The molecule has 0 saturated carbocycles. The summed E-state index contributed by atoms with van der Waals surface area (Å²) in [5.41, 5.74) is 4.36. The van der Waals surface area contributed by atoms with Crippen LogP contribution in [-0.2, 0) is 18.3 Å². The standard InChI is InChI=1S/C20H26N4O2/c1-4-6-18(25)17(5-2)23-15-9-13-7-8-21-20(26)19(13)16(10-15)14-11-22-24(3)12-14/h9-12,17,23H,4-8H2,1-3H3,(H,21,26)/t17-/m1/s1. The predicted molar refractivity (Wildman–Crippen MR) is 102 cm³/mol. The van der Waals surface area contributed by atoms with E-state index < -0.39 is 0 Å². The van der Waals surface area contributed by atoms with E-state index in [1.54, 1.807) is 10.9 Å². The molecule has 0 fully saturated rings. The summed E-state index contributed by atoms with van der Waals surface area (Å²) < 4.78 is 1.72. The number of hydrogen-bond acceptors (Lipinski definition) is 4. The first-order valence-electron chi connectivity index (χ1n) is 9.26. The van der Waals surface area contributed by atoms with Crippen molar-refractivity contribution in [3.8, 4) is 11.1 Å². The van der Waals surface area contributed by atoms with Crippen molar-refractivity contribution in [1.29, 1.82) is 0 Å². The molecule has 2 N–H and O–H groups in total. The van der Waals surface area contributed by atoms with Gasteiger partial charge in [-0.15, -0.1) is 0 Å². The van der Waals surface area contributed by atoms with Crippen LogP contribution in [0.4, 0.5) is 5.69 Å². The molecule has 2 aromatic rings. The minimum absolute atomic E-state index is 0.0502. The molecule has 1 aliphatic rings. The lowest BCUT2D eigenvalue weighted by Crippen LogP contribution is -2.33. The number of fused-ring (bicyclic) bond motifs is 1. The molecule has 0 unspecified atom stereocenters. The van der Waals surface area contributed by atoms with Gasteiger partial charge in [-0.25, -0.2) is 0 Å². The van der Waals surface area contributed by atoms with Gasteiger partial charge < -0.3 is 10.6 Å². The van der Waals surface area contributed by atoms with Crippen LogP contribution in [0.1, 0.15) is 49.0 Å². The van der Waals surface area contributed by atoms with Crippen molar-refractivity contribution in [3.05, 3.63) is 35.7 Å². The van der Waals surface area contributed by atoms with Crippen molar-refractivity contribution in [2.45, 2.75) is 45.6 Å². The van der Waals surface area contributed by atoms with Crippen LogP contribution >= 0.6 is 0 Å². The van der Waals surface area contributed by atoms with Gasteiger partial charge in [-0.05, 0) is 42.5 Å². The third-order valence-electron chi connectivity index (χ3n) is 4.78. The van der Waals surface area contributed by atoms with Gasteiger partial charge in [0.15, 0.2) is 5.78 Å². The lowest BCUT2D eigenvalue weighted by molar-refractivity contribution is -0.119. The maximum Gasteiger partial charge on any atom is 0.252 e. The fourth-order valence-corrected chi connectivity index (χ4v) is 3.47. The molecule has 2 heterocycles. The molecule has 0 bridgehead atoms. The normalized spacial score (nSPS) is 14.5. The molecule has 0 saturated heterocycles. The highest BCUT2D eigenvalue weighted by Crippen LogP contribution is 2.32. The molecule has 1 aromatic carbocycles. The number of benzene rings is 1. The number of ketones is 1. The second kappa shape index (κ2) is 7.72. The summed E-state index contributed by atoms with van der Waals surface area (Å²) in [4.78, 5) is 24.8. The molecule has 1 atom stereocenters. The SMILES string of the molecule is CCCC(=O)[C@@H](CC)Nc1cc2c(c(-c3cnn(C)c3)c1)C(=O)NCC2. The van der Waals surface area contributed by atoms with Crippen LogP contribution in [0.2, 0.25) is 0 Å². The molecule has 1 aromatic heterocycles. The molecule has 1 aliphatic heterocycles. The minimum Gasteiger partial charge on any atom is -0.375 e. The van der Waals surface area contributed by atoms with Crippen LogP contribution in [0.15, 0.2) is 24.5 Å². The molecule has 1 amide bonds. The first-order valence-corrected chi connectivity index (χ1v) is 9.26. The number of nitrogens with one attached hydrogen (secondary N) is 2. The molecule has 26 heavy (non-hydrogen) atoms. The Morgan fingerprint density at radius 1 is 1.38 bits per heavy atom. The minimum atomic E-state index is -0.202. The largest absolute Gasteiger partial charge is 0.375 e. The molecule has 6 nitrogen and oxygen atoms in total. The van der Waals surface area contributed by atoms with Crippen molar-refractivity contribution in [2.24, 2.45) is 7.05 Å². The second-order valence-electron chi connectivity index (χ2n) is 6.79. The van der Waals surface area contributed by atoms with Gasteiger partial charge in [0.1, 0.15) is 0 Å². The molecule has 6 heteroatoms. The van der Waals surface area contributed by atoms with Gasteiger partial charge in [-0.1, -0.05) is 13.8 Å². The zero-order valence-electron chi connectivity index (χ0n) is 15.6. The number of carbonyl (C=O) groups excluding carboxylic acids is 2. The van der Waals surface area contributed by atoms with Crippen molar-refractivity contribution < 1.29 is 9.59 Å². The number of Topliss-reactive ketones (excluding diaryl/α,β-unsaturated/α-hetero) is 1. The van der Waals surface area contributed by atoms with Gasteiger partial charge in [-0.2, -0.15) is 5.10 Å². The summed E-state index contributed by atoms with van der Waals surface area (Å²) in [5.74, 6) is 0.180. The monoisotopic (exact) mass is 354 g/mol. The van der Waals surface area contributed by atoms with Gasteiger partial charge in [0.05, 0.1) is 17.8 Å². The summed E-state index contributed by atoms with van der Waals surface area (Å²) in [6, 6.07) is 3.77. The average Bonchev–Trinajstić information content (AvgIpc) is 3.05. The summed E-state index contributed by atoms with van der Waals surface area (Å²) in [5, 5.41) is 10.5. The van der Waals surface area contributed by atoms with Crippen LogP contribution in [0.3, 0.4) is 0 Å². The van der Waals surface area contributed by atoms with Crippen molar-refractivity contribution in [1.82, 2.24) is 15.1 Å². The maximum absolute atomic E-state index is 12.5. The lowest BCUT2D eigenvalue weighted by atomic mass is 9.91. The van der Waals surface area contributed by atoms with E-state index in [1.165, 1.54) is 0 Å². The number of aryl methyl sites for hydroxylation is 1. The van der Waals surface area contributed by atoms with Gasteiger partial charge in [0, 0.05) is 37.5 Å². The highest BCUT2D eigenvalue weighted by Gasteiger charge is 2.24. The Labute approximate surface area is 154 Å². The number of carbonyl (C=O) groups is 2. The Hall–Kier alpha value is -2.63. The van der Waals surface area contributed by atoms with E-state index in [0.717, 1.165) is 41.6 Å². The number of rotatable bonds is 7. The third kappa shape index (κ3) is 3.64. The third-order valence-corrected chi connectivity index (χ3v) is 4.78. The van der Waals surface area contributed by atoms with Crippen molar-refractivity contribution in [2.75, 3.05) is 11.9 Å². The Morgan fingerprint density at radius 2 is 2.19 bits per heavy atom. The van der Waals surface area contributed by atoms with E-state index in [9.17, 15) is 9.59 Å². The molecule has 3 rings (SSSR count). The van der Waals surface area contributed by atoms with Crippen LogP contribution in [0.25, 0.3) is 11.1 Å². The topological polar surface area (TPSA) is 76.0 Å². The quantitative estimate of drug-likeness (QED) is 0.801. The summed E-state index contributed by atoms with van der Waals surface area (Å²) in [6.45, 7) is 4.66. The number of aromatic nitrogens is 2. The van der Waals surface area contributed by atoms with Crippen LogP contribution in [0.5, 0.6) is 0 Å². The summed E-state index contributed by atoms with van der Waals surface area (Å²) in [7, 11) is 1.86. The molecular weight excluding hydrogens is 328 g/mol. The van der Waals surface area contributed by atoms with E-state index in [0.29, 0.717) is 18.5 Å². The van der Waals surface area contributed by atoms with Crippen LogP contribution < -0.4 is 10.6 Å². The lowest BCUT2D eigenvalue weighted by Gasteiger charge is -2.23. The fraction of sp³-hybridized carbons (Fsp3) is 0.450. The van der Waals surface area contributed by atoms with Gasteiger partial charge >= 0.3 is 0 Å². The van der Waals surface area contributed by atoms with E-state index >= 15 is 0 Å². The zero-order valence-corrected chi connectivity index (χ0v) is 15.6. The summed E-state index contributed by atoms with van der Waals surface area (Å²) in [6.07, 6.45) is 6.61. The van der Waals surface area contributed by atoms with E-state index in [2.05, 4.69) is 15.7 Å². The number of hydrogen-bond donors (Lipinski definition) is 2. The Morgan fingerprint density at radius 3 is 2.85 bits per heavy atom. The van der Waals surface area contributed by atoms with Crippen LogP contribution in [0, 0.1) is 0 Å². The highest BCUT2D eigenvalue weighted by molar-refractivity contribution is 6.04. The fourth-order valence-electron chi connectivity index (χ4n) is 3.47. The van der Waals surface area contributed by atoms with Gasteiger partial charge in [0.25, 0.3) is 5.91 Å². The summed E-state index contributed by atoms with van der Waals surface area (Å²) >= 11 is 0. The second-order valence-corrected chi connectivity index (χ2v) is 6.79. The molecule has 0 aliphatic carbocycles. The molecular formula is C20H26N4O2. The van der Waals surface area contributed by atoms with E-state index in [4.69, 9.17) is 0 Å². The molecule has 0 spiro atoms. The molecule has 0 radical (unpaired) electrons. The number of nitrogens with zero attached hydrogens (tertiary/aromatic N) is 2. The van der Waals surface area contributed by atoms with E-state index in [-0.39, 0.29) is 17.7 Å². The average molecular weight is 354 g/mol. The predicted octanol–water partition coefficient (Wildman–Crippen LogP) is 2.93.